The van der Waals surface area contributed by atoms with Crippen LogP contribution in [0.2, 0.25) is 0 Å². The molecule has 0 amide bonds. The molecule has 0 fully saturated rings. The lowest BCUT2D eigenvalue weighted by atomic mass is 10.1. The van der Waals surface area contributed by atoms with Crippen molar-refractivity contribution in [1.29, 1.82) is 0 Å². The van der Waals surface area contributed by atoms with E-state index in [1.165, 1.54) is 12.1 Å². The smallest absolute Gasteiger partial charge is 0.346 e. The van der Waals surface area contributed by atoms with E-state index in [0.29, 0.717) is 24.2 Å². The summed E-state index contributed by atoms with van der Waals surface area (Å²) in [6.45, 7) is 0.285. The molecule has 148 valence electrons. The van der Waals surface area contributed by atoms with Gasteiger partial charge in [0.2, 0.25) is 0 Å². The third-order valence-electron chi connectivity index (χ3n) is 4.59. The second-order valence-corrected chi connectivity index (χ2v) is 6.67. The summed E-state index contributed by atoms with van der Waals surface area (Å²) < 4.78 is 37.9. The number of allylic oxidation sites excluding steroid dienone is 1. The standard InChI is InChI=1S/C21H18F3N5/c22-21(23,24)16-8-6-14(7-9-16)12-26-19-5-1-3-17(28-29-19)11-15-13-27-20-18(15)4-2-10-25-20/h1-4,6-10,13H,5,11-12H2,(H,25,27)(H,26,29). The number of fused-ring (bicyclic) bond motifs is 1. The molecule has 1 aliphatic heterocycles. The number of aromatic amines is 1. The maximum atomic E-state index is 12.6. The van der Waals surface area contributed by atoms with Crippen LogP contribution in [0.5, 0.6) is 0 Å². The van der Waals surface area contributed by atoms with Crippen molar-refractivity contribution in [2.24, 2.45) is 10.1 Å². The van der Waals surface area contributed by atoms with Crippen LogP contribution in [0.1, 0.15) is 23.1 Å². The zero-order valence-corrected chi connectivity index (χ0v) is 15.4. The minimum absolute atomic E-state index is 0.285. The largest absolute Gasteiger partial charge is 0.416 e. The molecule has 3 heterocycles. The summed E-state index contributed by atoms with van der Waals surface area (Å²) in [4.78, 5) is 11.9. The molecule has 1 aliphatic rings. The third kappa shape index (κ3) is 4.53. The molecule has 0 aliphatic carbocycles. The Bertz CT molecular complexity index is 1090. The lowest BCUT2D eigenvalue weighted by molar-refractivity contribution is -0.137. The number of nitrogens with zero attached hydrogens (tertiary/aromatic N) is 3. The van der Waals surface area contributed by atoms with Gasteiger partial charge in [0, 0.05) is 30.6 Å². The maximum Gasteiger partial charge on any atom is 0.416 e. The van der Waals surface area contributed by atoms with Crippen LogP contribution in [-0.2, 0) is 19.1 Å². The Hall–Kier alpha value is -3.42. The van der Waals surface area contributed by atoms with E-state index < -0.39 is 11.7 Å². The molecule has 0 saturated carbocycles. The first-order chi connectivity index (χ1) is 14.0. The fourth-order valence-electron chi connectivity index (χ4n) is 3.06. The topological polar surface area (TPSA) is 65.4 Å². The predicted octanol–water partition coefficient (Wildman–Crippen LogP) is 4.63. The molecule has 5 nitrogen and oxygen atoms in total. The molecule has 3 aromatic rings. The maximum absolute atomic E-state index is 12.6. The summed E-state index contributed by atoms with van der Waals surface area (Å²) in [6.07, 6.45) is 4.47. The third-order valence-corrected chi connectivity index (χ3v) is 4.59. The number of hydrazone groups is 1. The quantitative estimate of drug-likeness (QED) is 0.674. The van der Waals surface area contributed by atoms with Gasteiger partial charge in [-0.2, -0.15) is 18.3 Å². The fraction of sp³-hybridized carbons (Fsp3) is 0.190. The van der Waals surface area contributed by atoms with Gasteiger partial charge >= 0.3 is 6.18 Å². The molecule has 0 unspecified atom stereocenters. The number of aromatic nitrogens is 2. The molecule has 0 radical (unpaired) electrons. The molecule has 0 atom stereocenters. The first-order valence-corrected chi connectivity index (χ1v) is 9.08. The van der Waals surface area contributed by atoms with Gasteiger partial charge in [-0.05, 0) is 41.5 Å². The highest BCUT2D eigenvalue weighted by Crippen LogP contribution is 2.29. The van der Waals surface area contributed by atoms with Crippen LogP contribution in [0, 0.1) is 0 Å². The van der Waals surface area contributed by atoms with Gasteiger partial charge in [0.25, 0.3) is 0 Å². The van der Waals surface area contributed by atoms with Crippen molar-refractivity contribution in [3.63, 3.8) is 0 Å². The van der Waals surface area contributed by atoms with Crippen molar-refractivity contribution in [3.8, 4) is 0 Å². The van der Waals surface area contributed by atoms with Gasteiger partial charge in [-0.1, -0.05) is 18.2 Å². The van der Waals surface area contributed by atoms with E-state index in [2.05, 4.69) is 25.5 Å². The van der Waals surface area contributed by atoms with E-state index in [9.17, 15) is 13.2 Å². The molecule has 2 N–H and O–H groups in total. The lowest BCUT2D eigenvalue weighted by Crippen LogP contribution is -2.17. The van der Waals surface area contributed by atoms with Crippen molar-refractivity contribution in [2.75, 3.05) is 0 Å². The van der Waals surface area contributed by atoms with Gasteiger partial charge in [0.1, 0.15) is 11.5 Å². The summed E-state index contributed by atoms with van der Waals surface area (Å²) >= 11 is 0. The molecule has 0 bridgehead atoms. The molecule has 4 rings (SSSR count). The van der Waals surface area contributed by atoms with Crippen LogP contribution in [0.25, 0.3) is 11.0 Å². The van der Waals surface area contributed by atoms with Gasteiger partial charge in [-0.15, -0.1) is 0 Å². The van der Waals surface area contributed by atoms with E-state index in [4.69, 9.17) is 0 Å². The zero-order chi connectivity index (χ0) is 20.3. The number of halogens is 3. The Labute approximate surface area is 165 Å². The number of pyridine rings is 1. The van der Waals surface area contributed by atoms with Crippen LogP contribution in [0.15, 0.2) is 71.0 Å². The van der Waals surface area contributed by atoms with E-state index in [-0.39, 0.29) is 6.54 Å². The van der Waals surface area contributed by atoms with Crippen molar-refractivity contribution in [3.05, 3.63) is 77.6 Å². The first kappa shape index (κ1) is 18.9. The number of rotatable bonds is 4. The number of H-pyrrole nitrogens is 1. The van der Waals surface area contributed by atoms with Crippen molar-refractivity contribution in [2.45, 2.75) is 25.6 Å². The monoisotopic (exact) mass is 397 g/mol. The van der Waals surface area contributed by atoms with Crippen LogP contribution in [0.3, 0.4) is 0 Å². The Kier molecular flexibility index (Phi) is 5.16. The van der Waals surface area contributed by atoms with E-state index in [0.717, 1.165) is 34.4 Å². The molecular formula is C21H18F3N5. The van der Waals surface area contributed by atoms with Crippen molar-refractivity contribution >= 4 is 22.6 Å². The normalized spacial score (nSPS) is 16.0. The number of nitrogens with one attached hydrogen (secondary N) is 2. The van der Waals surface area contributed by atoms with Crippen LogP contribution in [-0.4, -0.2) is 21.5 Å². The Balaban J connectivity index is 1.41. The Morgan fingerprint density at radius 1 is 1.10 bits per heavy atom. The molecule has 0 spiro atoms. The SMILES string of the molecule is FC(F)(F)c1ccc(CN=C2CC=CC(Cc3c[nH]c4ncccc34)=NN2)cc1. The molecule has 2 aromatic heterocycles. The van der Waals surface area contributed by atoms with E-state index in [1.54, 1.807) is 6.20 Å². The average molecular weight is 397 g/mol. The van der Waals surface area contributed by atoms with Crippen LogP contribution >= 0.6 is 0 Å². The Morgan fingerprint density at radius 2 is 1.93 bits per heavy atom. The number of hydrogen-bond acceptors (Lipinski definition) is 3. The zero-order valence-electron chi connectivity index (χ0n) is 15.4. The number of hydrogen-bond donors (Lipinski definition) is 2. The molecule has 8 heteroatoms. The van der Waals surface area contributed by atoms with Crippen molar-refractivity contribution < 1.29 is 13.2 Å². The molecular weight excluding hydrogens is 379 g/mol. The highest BCUT2D eigenvalue weighted by Gasteiger charge is 2.29. The van der Waals surface area contributed by atoms with Gasteiger partial charge in [-0.25, -0.2) is 4.98 Å². The highest BCUT2D eigenvalue weighted by molar-refractivity contribution is 6.01. The summed E-state index contributed by atoms with van der Waals surface area (Å²) in [5, 5.41) is 5.47. The Morgan fingerprint density at radius 3 is 2.72 bits per heavy atom. The summed E-state index contributed by atoms with van der Waals surface area (Å²) in [5.74, 6) is 0.664. The second-order valence-electron chi connectivity index (χ2n) is 6.67. The van der Waals surface area contributed by atoms with Crippen LogP contribution < -0.4 is 5.43 Å². The van der Waals surface area contributed by atoms with Gasteiger partial charge in [0.05, 0.1) is 17.8 Å². The summed E-state index contributed by atoms with van der Waals surface area (Å²) in [7, 11) is 0. The van der Waals surface area contributed by atoms with E-state index >= 15 is 0 Å². The highest BCUT2D eigenvalue weighted by atomic mass is 19.4. The predicted molar refractivity (Wildman–Crippen MR) is 107 cm³/mol. The van der Waals surface area contributed by atoms with E-state index in [1.807, 2.05) is 30.5 Å². The average Bonchev–Trinajstić information content (AvgIpc) is 2.97. The first-order valence-electron chi connectivity index (χ1n) is 9.08. The number of amidine groups is 1. The lowest BCUT2D eigenvalue weighted by Gasteiger charge is -2.07. The van der Waals surface area contributed by atoms with Crippen molar-refractivity contribution in [1.82, 2.24) is 15.4 Å². The number of aliphatic imine (C=N–C) groups is 1. The number of benzene rings is 1. The van der Waals surface area contributed by atoms with Gasteiger partial charge in [0.15, 0.2) is 0 Å². The minimum Gasteiger partial charge on any atom is -0.346 e. The second kappa shape index (κ2) is 7.90. The molecule has 0 saturated heterocycles. The van der Waals surface area contributed by atoms with Gasteiger partial charge < -0.3 is 4.98 Å². The van der Waals surface area contributed by atoms with Crippen LogP contribution in [0.4, 0.5) is 13.2 Å². The molecule has 29 heavy (non-hydrogen) atoms. The summed E-state index contributed by atoms with van der Waals surface area (Å²) in [6, 6.07) is 8.94. The number of alkyl halides is 3. The summed E-state index contributed by atoms with van der Waals surface area (Å²) in [5.41, 5.74) is 5.81. The molecule has 1 aromatic carbocycles. The van der Waals surface area contributed by atoms with Gasteiger partial charge in [-0.3, -0.25) is 10.4 Å². The fourth-order valence-corrected chi connectivity index (χ4v) is 3.06. The minimum atomic E-state index is -4.33.